The Morgan fingerprint density at radius 1 is 0.825 bits per heavy atom. The molecule has 0 bridgehead atoms. The highest BCUT2D eigenvalue weighted by atomic mass is 19.4. The number of carbonyl (C=O) groups excluding carboxylic acids is 1. The van der Waals surface area contributed by atoms with Crippen molar-refractivity contribution in [1.82, 2.24) is 5.32 Å². The summed E-state index contributed by atoms with van der Waals surface area (Å²) in [6, 6.07) is 20.9. The molecular weight excluding hydrogens is 523 g/mol. The summed E-state index contributed by atoms with van der Waals surface area (Å²) < 4.78 is 47.2. The van der Waals surface area contributed by atoms with Gasteiger partial charge in [0.2, 0.25) is 0 Å². The molecule has 1 atom stereocenters. The molecule has 0 aliphatic carbocycles. The van der Waals surface area contributed by atoms with Crippen LogP contribution in [0.1, 0.15) is 41.8 Å². The number of hydrogen-bond donors (Lipinski definition) is 2. The topological polar surface area (TPSA) is 84.9 Å². The Bertz CT molecular complexity index is 1220. The average Bonchev–Trinajstić information content (AvgIpc) is 2.88. The molecule has 6 nitrogen and oxygen atoms in total. The molecule has 2 N–H and O–H groups in total. The van der Waals surface area contributed by atoms with Crippen molar-refractivity contribution in [3.8, 4) is 16.9 Å². The summed E-state index contributed by atoms with van der Waals surface area (Å²) in [5.74, 6) is -0.953. The Labute approximate surface area is 232 Å². The van der Waals surface area contributed by atoms with Crippen molar-refractivity contribution >= 4 is 11.9 Å². The number of hydrogen-bond acceptors (Lipinski definition) is 4. The minimum atomic E-state index is -4.72. The highest BCUT2D eigenvalue weighted by Gasteiger charge is 2.31. The van der Waals surface area contributed by atoms with Crippen LogP contribution in [0.5, 0.6) is 5.75 Å². The quantitative estimate of drug-likeness (QED) is 0.235. The van der Waals surface area contributed by atoms with Crippen LogP contribution in [0.25, 0.3) is 11.1 Å². The molecule has 3 rings (SSSR count). The van der Waals surface area contributed by atoms with E-state index in [1.807, 2.05) is 36.4 Å². The molecule has 40 heavy (non-hydrogen) atoms. The fourth-order valence-corrected chi connectivity index (χ4v) is 4.19. The molecule has 0 saturated carbocycles. The van der Waals surface area contributed by atoms with Crippen molar-refractivity contribution in [3.05, 3.63) is 89.5 Å². The number of benzene rings is 3. The first-order valence-corrected chi connectivity index (χ1v) is 13.1. The maximum Gasteiger partial charge on any atom is 0.573 e. The molecule has 214 valence electrons. The highest BCUT2D eigenvalue weighted by Crippen LogP contribution is 2.27. The molecule has 0 aliphatic rings. The van der Waals surface area contributed by atoms with Gasteiger partial charge in [0, 0.05) is 18.7 Å². The number of nitrogens with one attached hydrogen (secondary N) is 1. The standard InChI is InChI=1S/C31H34F3NO5/c1-21(2)19-39-20-24(18-23-5-9-27(10-6-23)30(38)35-16-15-29(36)37)17-22-3-7-25(8-4-22)26-11-13-28(14-12-26)40-31(32,33)34/h3-14,21,24H,15-20H2,1-2H3,(H,35,38)(H,36,37)/t24-/m0/s1. The third kappa shape index (κ3) is 10.7. The van der Waals surface area contributed by atoms with Crippen molar-refractivity contribution in [2.45, 2.75) is 39.5 Å². The molecule has 0 aliphatic heterocycles. The van der Waals surface area contributed by atoms with Gasteiger partial charge in [-0.1, -0.05) is 62.4 Å². The van der Waals surface area contributed by atoms with Crippen LogP contribution in [0.3, 0.4) is 0 Å². The molecule has 9 heteroatoms. The smallest absolute Gasteiger partial charge is 0.481 e. The van der Waals surface area contributed by atoms with Crippen molar-refractivity contribution in [1.29, 1.82) is 0 Å². The molecule has 0 saturated heterocycles. The van der Waals surface area contributed by atoms with Crippen LogP contribution in [-0.4, -0.2) is 43.1 Å². The Balaban J connectivity index is 1.64. The van der Waals surface area contributed by atoms with E-state index in [2.05, 4.69) is 23.9 Å². The molecule has 0 aromatic heterocycles. The van der Waals surface area contributed by atoms with Crippen LogP contribution >= 0.6 is 0 Å². The minimum absolute atomic E-state index is 0.0712. The van der Waals surface area contributed by atoms with E-state index in [1.54, 1.807) is 24.3 Å². The van der Waals surface area contributed by atoms with E-state index in [0.717, 1.165) is 35.1 Å². The molecule has 1 amide bonds. The average molecular weight is 558 g/mol. The van der Waals surface area contributed by atoms with Gasteiger partial charge in [-0.2, -0.15) is 0 Å². The summed E-state index contributed by atoms with van der Waals surface area (Å²) in [5.41, 5.74) is 4.29. The van der Waals surface area contributed by atoms with Gasteiger partial charge in [-0.05, 0) is 71.2 Å². The Morgan fingerprint density at radius 3 is 1.85 bits per heavy atom. The van der Waals surface area contributed by atoms with Crippen LogP contribution in [-0.2, 0) is 22.4 Å². The van der Waals surface area contributed by atoms with E-state index in [-0.39, 0.29) is 30.5 Å². The van der Waals surface area contributed by atoms with Gasteiger partial charge < -0.3 is 19.9 Å². The zero-order valence-corrected chi connectivity index (χ0v) is 22.5. The van der Waals surface area contributed by atoms with Gasteiger partial charge in [0.05, 0.1) is 13.0 Å². The van der Waals surface area contributed by atoms with E-state index >= 15 is 0 Å². The van der Waals surface area contributed by atoms with Crippen LogP contribution < -0.4 is 10.1 Å². The zero-order valence-electron chi connectivity index (χ0n) is 22.5. The lowest BCUT2D eigenvalue weighted by atomic mass is 9.92. The molecule has 0 unspecified atom stereocenters. The van der Waals surface area contributed by atoms with E-state index in [9.17, 15) is 22.8 Å². The zero-order chi connectivity index (χ0) is 29.1. The normalized spacial score (nSPS) is 12.2. The van der Waals surface area contributed by atoms with Gasteiger partial charge in [-0.25, -0.2) is 0 Å². The second-order valence-electron chi connectivity index (χ2n) is 10.1. The first-order valence-electron chi connectivity index (χ1n) is 13.1. The number of aliphatic carboxylic acids is 1. The van der Waals surface area contributed by atoms with Crippen LogP contribution in [0.4, 0.5) is 13.2 Å². The van der Waals surface area contributed by atoms with Gasteiger partial charge in [0.15, 0.2) is 0 Å². The van der Waals surface area contributed by atoms with Gasteiger partial charge in [-0.3, -0.25) is 9.59 Å². The number of amides is 1. The molecule has 0 radical (unpaired) electrons. The molecule has 3 aromatic carbocycles. The summed E-state index contributed by atoms with van der Waals surface area (Å²) in [4.78, 5) is 22.9. The number of alkyl halides is 3. The summed E-state index contributed by atoms with van der Waals surface area (Å²) >= 11 is 0. The summed E-state index contributed by atoms with van der Waals surface area (Å²) in [5, 5.41) is 11.3. The monoisotopic (exact) mass is 557 g/mol. The summed E-state index contributed by atoms with van der Waals surface area (Å²) in [7, 11) is 0. The summed E-state index contributed by atoms with van der Waals surface area (Å²) in [6.07, 6.45) is -3.36. The SMILES string of the molecule is CC(C)COC[C@H](Cc1ccc(C(=O)NCCC(=O)O)cc1)Cc1ccc(-c2ccc(OC(F)(F)F)cc2)cc1. The van der Waals surface area contributed by atoms with E-state index in [0.29, 0.717) is 24.7 Å². The van der Waals surface area contributed by atoms with E-state index in [1.165, 1.54) is 12.1 Å². The fourth-order valence-electron chi connectivity index (χ4n) is 4.19. The van der Waals surface area contributed by atoms with Crippen LogP contribution in [0.2, 0.25) is 0 Å². The van der Waals surface area contributed by atoms with E-state index < -0.39 is 12.3 Å². The molecule has 0 heterocycles. The van der Waals surface area contributed by atoms with Crippen LogP contribution in [0, 0.1) is 11.8 Å². The maximum absolute atomic E-state index is 12.4. The maximum atomic E-state index is 12.4. The largest absolute Gasteiger partial charge is 0.573 e. The summed E-state index contributed by atoms with van der Waals surface area (Å²) in [6.45, 7) is 5.48. The number of ether oxygens (including phenoxy) is 2. The molecular formula is C31H34F3NO5. The lowest BCUT2D eigenvalue weighted by Gasteiger charge is -2.19. The second kappa shape index (κ2) is 14.5. The Morgan fingerprint density at radius 2 is 1.35 bits per heavy atom. The van der Waals surface area contributed by atoms with Gasteiger partial charge in [0.25, 0.3) is 5.91 Å². The van der Waals surface area contributed by atoms with Crippen molar-refractivity contribution in [3.63, 3.8) is 0 Å². The predicted molar refractivity (Wildman–Crippen MR) is 146 cm³/mol. The molecule has 0 spiro atoms. The first-order chi connectivity index (χ1) is 19.0. The third-order valence-corrected chi connectivity index (χ3v) is 6.07. The lowest BCUT2D eigenvalue weighted by molar-refractivity contribution is -0.274. The third-order valence-electron chi connectivity index (χ3n) is 6.07. The predicted octanol–water partition coefficient (Wildman–Crippen LogP) is 6.53. The van der Waals surface area contributed by atoms with Gasteiger partial charge in [-0.15, -0.1) is 13.2 Å². The minimum Gasteiger partial charge on any atom is -0.481 e. The van der Waals surface area contributed by atoms with Gasteiger partial charge >= 0.3 is 12.3 Å². The molecule has 0 fully saturated rings. The fraction of sp³-hybridized carbons (Fsp3) is 0.355. The highest BCUT2D eigenvalue weighted by molar-refractivity contribution is 5.94. The van der Waals surface area contributed by atoms with Gasteiger partial charge in [0.1, 0.15) is 5.75 Å². The van der Waals surface area contributed by atoms with Crippen molar-refractivity contribution < 1.29 is 37.3 Å². The number of halogens is 3. The van der Waals surface area contributed by atoms with E-state index in [4.69, 9.17) is 9.84 Å². The Kier molecular flexibility index (Phi) is 11.1. The number of rotatable bonds is 14. The number of carboxylic acids is 1. The number of carbonyl (C=O) groups is 2. The molecule has 3 aromatic rings. The second-order valence-corrected chi connectivity index (χ2v) is 10.1. The Hall–Kier alpha value is -3.85. The first kappa shape index (κ1) is 30.7. The van der Waals surface area contributed by atoms with Crippen LogP contribution in [0.15, 0.2) is 72.8 Å². The van der Waals surface area contributed by atoms with Crippen molar-refractivity contribution in [2.75, 3.05) is 19.8 Å². The lowest BCUT2D eigenvalue weighted by Crippen LogP contribution is -2.26. The number of carboxylic acid groups (broad SMARTS) is 1. The van der Waals surface area contributed by atoms with Crippen molar-refractivity contribution in [2.24, 2.45) is 11.8 Å².